The number of nitrogens with zero attached hydrogens (tertiary/aromatic N) is 1. The molecule has 0 radical (unpaired) electrons. The zero-order valence-corrected chi connectivity index (χ0v) is 14.4. The van der Waals surface area contributed by atoms with Crippen LogP contribution in [0.2, 0.25) is 5.02 Å². The van der Waals surface area contributed by atoms with Gasteiger partial charge in [-0.1, -0.05) is 29.8 Å². The second-order valence-corrected chi connectivity index (χ2v) is 7.30. The molecule has 23 heavy (non-hydrogen) atoms. The van der Waals surface area contributed by atoms with E-state index in [2.05, 4.69) is 10.3 Å². The number of likely N-dealkylation sites (tertiary alicyclic amines) is 1. The molecule has 6 heteroatoms. The molecule has 0 bridgehead atoms. The van der Waals surface area contributed by atoms with Gasteiger partial charge in [0.2, 0.25) is 0 Å². The third-order valence-electron chi connectivity index (χ3n) is 3.81. The van der Waals surface area contributed by atoms with Crippen molar-refractivity contribution < 1.29 is 9.53 Å². The fourth-order valence-corrected chi connectivity index (χ4v) is 2.89. The Bertz CT molecular complexity index is 714. The molecule has 5 nitrogen and oxygen atoms in total. The number of halogens is 1. The van der Waals surface area contributed by atoms with Crippen molar-refractivity contribution in [2.24, 2.45) is 0 Å². The van der Waals surface area contributed by atoms with Gasteiger partial charge in [-0.3, -0.25) is 0 Å². The maximum Gasteiger partial charge on any atom is 0.410 e. The zero-order chi connectivity index (χ0) is 16.6. The van der Waals surface area contributed by atoms with Crippen LogP contribution in [0.25, 0.3) is 10.9 Å². The Morgan fingerprint density at radius 2 is 2.09 bits per heavy atom. The molecule has 1 aromatic carbocycles. The van der Waals surface area contributed by atoms with Gasteiger partial charge in [-0.15, -0.1) is 0 Å². The highest BCUT2D eigenvalue weighted by atomic mass is 35.5. The van der Waals surface area contributed by atoms with Crippen LogP contribution in [-0.2, 0) is 11.3 Å². The molecular weight excluding hydrogens is 314 g/mol. The molecule has 1 aliphatic rings. The van der Waals surface area contributed by atoms with E-state index in [1.54, 1.807) is 4.90 Å². The number of aromatic nitrogens is 1. The van der Waals surface area contributed by atoms with E-state index in [4.69, 9.17) is 16.3 Å². The minimum absolute atomic E-state index is 0.251. The number of nitrogens with one attached hydrogen (secondary N) is 2. The van der Waals surface area contributed by atoms with E-state index in [1.165, 1.54) is 0 Å². The number of ether oxygens (including phenoxy) is 1. The minimum atomic E-state index is -0.451. The van der Waals surface area contributed by atoms with E-state index in [9.17, 15) is 4.79 Å². The number of hydrogen-bond acceptors (Lipinski definition) is 3. The Balaban J connectivity index is 1.51. The van der Waals surface area contributed by atoms with Crippen molar-refractivity contribution in [2.45, 2.75) is 39.0 Å². The first-order valence-electron chi connectivity index (χ1n) is 7.80. The Kier molecular flexibility index (Phi) is 4.25. The van der Waals surface area contributed by atoms with Gasteiger partial charge < -0.3 is 19.9 Å². The summed E-state index contributed by atoms with van der Waals surface area (Å²) in [5, 5.41) is 5.22. The van der Waals surface area contributed by atoms with Crippen molar-refractivity contribution in [3.63, 3.8) is 0 Å². The Morgan fingerprint density at radius 1 is 1.39 bits per heavy atom. The van der Waals surface area contributed by atoms with Crippen LogP contribution in [0, 0.1) is 0 Å². The number of aromatic amines is 1. The Labute approximate surface area is 140 Å². The molecule has 1 aliphatic heterocycles. The van der Waals surface area contributed by atoms with E-state index in [0.29, 0.717) is 19.6 Å². The molecule has 0 unspecified atom stereocenters. The highest BCUT2D eigenvalue weighted by Gasteiger charge is 2.33. The van der Waals surface area contributed by atoms with Crippen molar-refractivity contribution >= 4 is 28.6 Å². The van der Waals surface area contributed by atoms with Crippen LogP contribution in [-0.4, -0.2) is 40.7 Å². The molecule has 1 saturated heterocycles. The first kappa shape index (κ1) is 16.1. The smallest absolute Gasteiger partial charge is 0.410 e. The number of carbonyl (C=O) groups is 1. The average molecular weight is 336 g/mol. The lowest BCUT2D eigenvalue weighted by Gasteiger charge is -2.40. The molecular formula is C17H22ClN3O2. The van der Waals surface area contributed by atoms with E-state index in [1.807, 2.05) is 45.0 Å². The molecule has 2 heterocycles. The predicted molar refractivity (Wildman–Crippen MR) is 91.7 cm³/mol. The van der Waals surface area contributed by atoms with Crippen LogP contribution < -0.4 is 5.32 Å². The molecule has 0 spiro atoms. The normalized spacial score (nSPS) is 15.7. The Morgan fingerprint density at radius 3 is 2.74 bits per heavy atom. The lowest BCUT2D eigenvalue weighted by molar-refractivity contribution is 0.00517. The first-order valence-corrected chi connectivity index (χ1v) is 8.18. The van der Waals surface area contributed by atoms with Crippen LogP contribution in [0.15, 0.2) is 24.3 Å². The highest BCUT2D eigenvalue weighted by molar-refractivity contribution is 6.36. The van der Waals surface area contributed by atoms with Gasteiger partial charge in [0.25, 0.3) is 0 Å². The summed E-state index contributed by atoms with van der Waals surface area (Å²) in [6.45, 7) is 7.59. The molecule has 1 aromatic heterocycles. The fraction of sp³-hybridized carbons (Fsp3) is 0.471. The summed E-state index contributed by atoms with van der Waals surface area (Å²) in [5.41, 5.74) is 1.56. The molecule has 124 valence electrons. The van der Waals surface area contributed by atoms with E-state index < -0.39 is 5.60 Å². The molecule has 1 amide bonds. The number of amides is 1. The van der Waals surface area contributed by atoms with Gasteiger partial charge in [-0.05, 0) is 26.8 Å². The standard InChI is InChI=1S/C17H22ClN3O2/c1-17(2,3)23-16(22)21-9-11(10-21)19-8-14-15(18)12-6-4-5-7-13(12)20-14/h4-7,11,19-20H,8-10H2,1-3H3. The molecule has 1 fully saturated rings. The van der Waals surface area contributed by atoms with E-state index in [0.717, 1.165) is 21.6 Å². The fourth-order valence-electron chi connectivity index (χ4n) is 2.61. The number of rotatable bonds is 3. The summed E-state index contributed by atoms with van der Waals surface area (Å²) in [7, 11) is 0. The number of hydrogen-bond donors (Lipinski definition) is 2. The summed E-state index contributed by atoms with van der Waals surface area (Å²) in [6.07, 6.45) is -0.251. The van der Waals surface area contributed by atoms with Crippen LogP contribution in [0.4, 0.5) is 4.79 Å². The number of benzene rings is 1. The van der Waals surface area contributed by atoms with Crippen molar-refractivity contribution in [3.8, 4) is 0 Å². The number of carbonyl (C=O) groups excluding carboxylic acids is 1. The van der Waals surface area contributed by atoms with Crippen LogP contribution in [0.3, 0.4) is 0 Å². The lowest BCUT2D eigenvalue weighted by atomic mass is 10.1. The summed E-state index contributed by atoms with van der Waals surface area (Å²) in [5.74, 6) is 0. The average Bonchev–Trinajstić information content (AvgIpc) is 2.72. The third-order valence-corrected chi connectivity index (χ3v) is 4.25. The maximum absolute atomic E-state index is 11.9. The van der Waals surface area contributed by atoms with Crippen molar-refractivity contribution in [1.29, 1.82) is 0 Å². The SMILES string of the molecule is CC(C)(C)OC(=O)N1CC(NCc2[nH]c3ccccc3c2Cl)C1. The quantitative estimate of drug-likeness (QED) is 0.902. The molecule has 2 aromatic rings. The zero-order valence-electron chi connectivity index (χ0n) is 13.6. The van der Waals surface area contributed by atoms with Gasteiger partial charge in [-0.25, -0.2) is 4.79 Å². The minimum Gasteiger partial charge on any atom is -0.444 e. The molecule has 2 N–H and O–H groups in total. The second kappa shape index (κ2) is 6.06. The monoisotopic (exact) mass is 335 g/mol. The topological polar surface area (TPSA) is 57.4 Å². The molecule has 0 aliphatic carbocycles. The summed E-state index contributed by atoms with van der Waals surface area (Å²) in [4.78, 5) is 16.9. The summed E-state index contributed by atoms with van der Waals surface area (Å²) < 4.78 is 5.34. The first-order chi connectivity index (χ1) is 10.8. The number of para-hydroxylation sites is 1. The number of fused-ring (bicyclic) bond motifs is 1. The predicted octanol–water partition coefficient (Wildman–Crippen LogP) is 3.53. The van der Waals surface area contributed by atoms with Gasteiger partial charge in [0.15, 0.2) is 0 Å². The third kappa shape index (κ3) is 3.62. The lowest BCUT2D eigenvalue weighted by Crippen LogP contribution is -2.60. The Hall–Kier alpha value is -1.72. The van der Waals surface area contributed by atoms with E-state index in [-0.39, 0.29) is 12.1 Å². The second-order valence-electron chi connectivity index (χ2n) is 6.93. The van der Waals surface area contributed by atoms with Gasteiger partial charge in [0, 0.05) is 42.3 Å². The molecule has 0 atom stereocenters. The van der Waals surface area contributed by atoms with Crippen LogP contribution in [0.1, 0.15) is 26.5 Å². The van der Waals surface area contributed by atoms with E-state index >= 15 is 0 Å². The highest BCUT2D eigenvalue weighted by Crippen LogP contribution is 2.27. The van der Waals surface area contributed by atoms with Gasteiger partial charge >= 0.3 is 6.09 Å². The van der Waals surface area contributed by atoms with Crippen molar-refractivity contribution in [3.05, 3.63) is 35.0 Å². The van der Waals surface area contributed by atoms with Crippen molar-refractivity contribution in [1.82, 2.24) is 15.2 Å². The largest absolute Gasteiger partial charge is 0.444 e. The van der Waals surface area contributed by atoms with Gasteiger partial charge in [0.05, 0.1) is 5.02 Å². The molecule has 0 saturated carbocycles. The summed E-state index contributed by atoms with van der Waals surface area (Å²) >= 11 is 6.40. The maximum atomic E-state index is 11.9. The number of H-pyrrole nitrogens is 1. The van der Waals surface area contributed by atoms with Gasteiger partial charge in [-0.2, -0.15) is 0 Å². The summed E-state index contributed by atoms with van der Waals surface area (Å²) in [6, 6.07) is 8.25. The van der Waals surface area contributed by atoms with Crippen LogP contribution >= 0.6 is 11.6 Å². The van der Waals surface area contributed by atoms with Gasteiger partial charge in [0.1, 0.15) is 5.60 Å². The van der Waals surface area contributed by atoms with Crippen molar-refractivity contribution in [2.75, 3.05) is 13.1 Å². The molecule has 3 rings (SSSR count). The van der Waals surface area contributed by atoms with Crippen LogP contribution in [0.5, 0.6) is 0 Å².